The summed E-state index contributed by atoms with van der Waals surface area (Å²) in [7, 11) is 3.12. The van der Waals surface area contributed by atoms with Crippen molar-refractivity contribution < 1.29 is 14.3 Å². The first-order valence-corrected chi connectivity index (χ1v) is 4.92. The van der Waals surface area contributed by atoms with Crippen LogP contribution in [-0.2, 0) is 14.3 Å². The summed E-state index contributed by atoms with van der Waals surface area (Å²) in [5.74, 6) is 0.0950. The van der Waals surface area contributed by atoms with E-state index in [0.717, 1.165) is 24.8 Å². The second-order valence-corrected chi connectivity index (χ2v) is 3.19. The van der Waals surface area contributed by atoms with Gasteiger partial charge in [0.15, 0.2) is 12.1 Å². The van der Waals surface area contributed by atoms with Gasteiger partial charge in [0.05, 0.1) is 0 Å². The molecule has 0 rings (SSSR count). The maximum absolute atomic E-state index is 11.2. The molecule has 0 aliphatic rings. The van der Waals surface area contributed by atoms with Crippen molar-refractivity contribution in [1.82, 2.24) is 0 Å². The lowest BCUT2D eigenvalue weighted by Crippen LogP contribution is -2.12. The lowest BCUT2D eigenvalue weighted by atomic mass is 10.1. The van der Waals surface area contributed by atoms with Gasteiger partial charge in [-0.15, -0.1) is 0 Å². The van der Waals surface area contributed by atoms with Gasteiger partial charge in [-0.05, 0) is 31.4 Å². The van der Waals surface area contributed by atoms with Crippen LogP contribution in [0.5, 0.6) is 0 Å². The zero-order chi connectivity index (χ0) is 11.0. The molecule has 0 aliphatic heterocycles. The van der Waals surface area contributed by atoms with E-state index in [1.807, 2.05) is 0 Å². The maximum Gasteiger partial charge on any atom is 0.176 e. The number of ether oxygens (including phenoxy) is 2. The van der Waals surface area contributed by atoms with Gasteiger partial charge in [0.2, 0.25) is 0 Å². The number of hydrogen-bond acceptors (Lipinski definition) is 3. The van der Waals surface area contributed by atoms with Crippen molar-refractivity contribution >= 4 is 5.78 Å². The van der Waals surface area contributed by atoms with Gasteiger partial charge in [-0.2, -0.15) is 0 Å². The van der Waals surface area contributed by atoms with E-state index in [4.69, 9.17) is 9.47 Å². The van der Waals surface area contributed by atoms with E-state index in [1.54, 1.807) is 27.2 Å². The van der Waals surface area contributed by atoms with Gasteiger partial charge >= 0.3 is 0 Å². The molecular formula is C11H20O3. The molecule has 0 spiro atoms. The molecule has 0 saturated carbocycles. The van der Waals surface area contributed by atoms with Crippen molar-refractivity contribution in [3.8, 4) is 0 Å². The van der Waals surface area contributed by atoms with Crippen LogP contribution in [0.4, 0.5) is 0 Å². The summed E-state index contributed by atoms with van der Waals surface area (Å²) in [5.41, 5.74) is 0.792. The van der Waals surface area contributed by atoms with Crippen LogP contribution in [0.1, 0.15) is 33.1 Å². The van der Waals surface area contributed by atoms with E-state index in [-0.39, 0.29) is 5.78 Å². The molecule has 0 radical (unpaired) electrons. The fourth-order valence-electron chi connectivity index (χ4n) is 1.14. The largest absolute Gasteiger partial charge is 0.352 e. The van der Waals surface area contributed by atoms with Gasteiger partial charge in [-0.25, -0.2) is 0 Å². The third kappa shape index (κ3) is 5.14. The van der Waals surface area contributed by atoms with Crippen molar-refractivity contribution in [2.24, 2.45) is 0 Å². The van der Waals surface area contributed by atoms with E-state index < -0.39 is 6.29 Å². The van der Waals surface area contributed by atoms with Crippen LogP contribution in [0.15, 0.2) is 11.6 Å². The number of unbranched alkanes of at least 4 members (excludes halogenated alkanes) is 1. The molecule has 0 aromatic carbocycles. The van der Waals surface area contributed by atoms with Gasteiger partial charge in [0.1, 0.15) is 0 Å². The molecule has 3 nitrogen and oxygen atoms in total. The predicted octanol–water partition coefficient (Wildman–Crippen LogP) is 2.31. The fraction of sp³-hybridized carbons (Fsp3) is 0.727. The molecule has 0 aromatic heterocycles. The molecule has 0 atom stereocenters. The highest BCUT2D eigenvalue weighted by Gasteiger charge is 2.07. The van der Waals surface area contributed by atoms with Crippen LogP contribution >= 0.6 is 0 Å². The number of methoxy groups -OCH3 is 2. The first-order chi connectivity index (χ1) is 6.65. The molecule has 0 N–H and O–H groups in total. The molecule has 14 heavy (non-hydrogen) atoms. The molecule has 0 unspecified atom stereocenters. The van der Waals surface area contributed by atoms with Crippen LogP contribution in [0.25, 0.3) is 0 Å². The van der Waals surface area contributed by atoms with E-state index in [0.29, 0.717) is 0 Å². The Morgan fingerprint density at radius 1 is 1.36 bits per heavy atom. The monoisotopic (exact) mass is 200 g/mol. The fourth-order valence-corrected chi connectivity index (χ4v) is 1.14. The van der Waals surface area contributed by atoms with Crippen molar-refractivity contribution in [3.63, 3.8) is 0 Å². The summed E-state index contributed by atoms with van der Waals surface area (Å²) in [6.07, 6.45) is 4.24. The Morgan fingerprint density at radius 3 is 2.29 bits per heavy atom. The summed E-state index contributed by atoms with van der Waals surface area (Å²) >= 11 is 0. The third-order valence-electron chi connectivity index (χ3n) is 2.05. The molecule has 0 amide bonds. The Balaban J connectivity index is 4.37. The molecule has 3 heteroatoms. The highest BCUT2D eigenvalue weighted by molar-refractivity contribution is 5.93. The highest BCUT2D eigenvalue weighted by atomic mass is 16.7. The predicted molar refractivity (Wildman–Crippen MR) is 56.1 cm³/mol. The summed E-state index contributed by atoms with van der Waals surface area (Å²) in [6.45, 7) is 3.67. The third-order valence-corrected chi connectivity index (χ3v) is 2.05. The van der Waals surface area contributed by atoms with E-state index in [2.05, 4.69) is 6.92 Å². The van der Waals surface area contributed by atoms with Crippen LogP contribution in [0.2, 0.25) is 0 Å². The molecule has 0 aromatic rings. The Hall–Kier alpha value is -0.670. The maximum atomic E-state index is 11.2. The Labute approximate surface area is 86.1 Å². The van der Waals surface area contributed by atoms with Crippen molar-refractivity contribution in [2.75, 3.05) is 14.2 Å². The Bertz CT molecular complexity index is 193. The van der Waals surface area contributed by atoms with Crippen molar-refractivity contribution in [1.29, 1.82) is 0 Å². The van der Waals surface area contributed by atoms with Crippen LogP contribution < -0.4 is 0 Å². The smallest absolute Gasteiger partial charge is 0.176 e. The number of carbonyl (C=O) groups excluding carboxylic acids is 1. The number of rotatable bonds is 7. The number of ketones is 1. The van der Waals surface area contributed by atoms with E-state index in [9.17, 15) is 4.79 Å². The van der Waals surface area contributed by atoms with Crippen LogP contribution in [-0.4, -0.2) is 26.3 Å². The normalized spacial score (nSPS) is 12.2. The second kappa shape index (κ2) is 7.71. The van der Waals surface area contributed by atoms with Crippen molar-refractivity contribution in [3.05, 3.63) is 11.6 Å². The SMILES string of the molecule is CCCC/C(=C\C(OC)OC)C(C)=O. The van der Waals surface area contributed by atoms with E-state index in [1.165, 1.54) is 0 Å². The zero-order valence-corrected chi connectivity index (χ0v) is 9.50. The average Bonchev–Trinajstić information content (AvgIpc) is 2.18. The first kappa shape index (κ1) is 13.3. The molecule has 0 fully saturated rings. The first-order valence-electron chi connectivity index (χ1n) is 4.92. The Morgan fingerprint density at radius 2 is 1.93 bits per heavy atom. The van der Waals surface area contributed by atoms with Crippen LogP contribution in [0.3, 0.4) is 0 Å². The van der Waals surface area contributed by atoms with Gasteiger partial charge in [0, 0.05) is 14.2 Å². The van der Waals surface area contributed by atoms with Gasteiger partial charge < -0.3 is 9.47 Å². The zero-order valence-electron chi connectivity index (χ0n) is 9.50. The van der Waals surface area contributed by atoms with E-state index >= 15 is 0 Å². The lowest BCUT2D eigenvalue weighted by Gasteiger charge is -2.10. The van der Waals surface area contributed by atoms with Gasteiger partial charge in [0.25, 0.3) is 0 Å². The Kier molecular flexibility index (Phi) is 7.34. The number of Topliss-reactive ketones (excluding diaryl/α,β-unsaturated/α-hetero) is 1. The minimum absolute atomic E-state index is 0.0950. The molecule has 0 aliphatic carbocycles. The van der Waals surface area contributed by atoms with Crippen molar-refractivity contribution in [2.45, 2.75) is 39.4 Å². The number of carbonyl (C=O) groups is 1. The highest BCUT2D eigenvalue weighted by Crippen LogP contribution is 2.10. The van der Waals surface area contributed by atoms with Crippen LogP contribution in [0, 0.1) is 0 Å². The summed E-state index contributed by atoms with van der Waals surface area (Å²) < 4.78 is 10.0. The molecule has 82 valence electrons. The number of hydrogen-bond donors (Lipinski definition) is 0. The number of allylic oxidation sites excluding steroid dienone is 1. The summed E-state index contributed by atoms with van der Waals surface area (Å²) in [6, 6.07) is 0. The molecule has 0 heterocycles. The average molecular weight is 200 g/mol. The molecule has 0 bridgehead atoms. The molecular weight excluding hydrogens is 180 g/mol. The standard InChI is InChI=1S/C11H20O3/c1-5-6-7-10(9(2)12)8-11(13-3)14-4/h8,11H,5-7H2,1-4H3/b10-8+. The molecule has 0 saturated heterocycles. The minimum Gasteiger partial charge on any atom is -0.352 e. The lowest BCUT2D eigenvalue weighted by molar-refractivity contribution is -0.114. The van der Waals surface area contributed by atoms with Gasteiger partial charge in [-0.1, -0.05) is 13.3 Å². The topological polar surface area (TPSA) is 35.5 Å². The quantitative estimate of drug-likeness (QED) is 0.467. The minimum atomic E-state index is -0.411. The summed E-state index contributed by atoms with van der Waals surface area (Å²) in [4.78, 5) is 11.2. The second-order valence-electron chi connectivity index (χ2n) is 3.19. The van der Waals surface area contributed by atoms with Gasteiger partial charge in [-0.3, -0.25) is 4.79 Å². The summed E-state index contributed by atoms with van der Waals surface area (Å²) in [5, 5.41) is 0.